The number of nitrogens with one attached hydrogen (secondary N) is 1. The lowest BCUT2D eigenvalue weighted by Crippen LogP contribution is -2.36. The van der Waals surface area contributed by atoms with Gasteiger partial charge in [-0.1, -0.05) is 6.92 Å². The first kappa shape index (κ1) is 13.9. The Hall–Kier alpha value is -0.120. The van der Waals surface area contributed by atoms with E-state index in [2.05, 4.69) is 31.1 Å². The summed E-state index contributed by atoms with van der Waals surface area (Å²) in [6.07, 6.45) is 5.52. The monoisotopic (exact) mass is 228 g/mol. The van der Waals surface area contributed by atoms with Gasteiger partial charge in [0.25, 0.3) is 0 Å². The molecule has 3 heteroatoms. The van der Waals surface area contributed by atoms with Gasteiger partial charge in [-0.05, 0) is 52.7 Å². The van der Waals surface area contributed by atoms with E-state index in [-0.39, 0.29) is 0 Å². The van der Waals surface area contributed by atoms with Crippen molar-refractivity contribution in [1.29, 1.82) is 0 Å². The first-order chi connectivity index (χ1) is 7.74. The highest BCUT2D eigenvalue weighted by Gasteiger charge is 2.19. The Morgan fingerprint density at radius 3 is 2.94 bits per heavy atom. The molecule has 16 heavy (non-hydrogen) atoms. The second kappa shape index (κ2) is 8.04. The van der Waals surface area contributed by atoms with Crippen molar-refractivity contribution in [3.05, 3.63) is 0 Å². The zero-order chi connectivity index (χ0) is 11.8. The van der Waals surface area contributed by atoms with Gasteiger partial charge in [0.15, 0.2) is 0 Å². The van der Waals surface area contributed by atoms with E-state index in [0.717, 1.165) is 26.2 Å². The average molecular weight is 228 g/mol. The summed E-state index contributed by atoms with van der Waals surface area (Å²) in [4.78, 5) is 2.45. The molecule has 3 nitrogen and oxygen atoms in total. The lowest BCUT2D eigenvalue weighted by Gasteiger charge is -2.27. The Morgan fingerprint density at radius 1 is 1.50 bits per heavy atom. The molecular weight excluding hydrogens is 200 g/mol. The van der Waals surface area contributed by atoms with Crippen LogP contribution in [0.4, 0.5) is 0 Å². The molecule has 2 unspecified atom stereocenters. The molecule has 0 spiro atoms. The van der Waals surface area contributed by atoms with Crippen LogP contribution in [-0.2, 0) is 4.74 Å². The molecule has 0 amide bonds. The molecule has 1 fully saturated rings. The lowest BCUT2D eigenvalue weighted by atomic mass is 10.1. The smallest absolute Gasteiger partial charge is 0.0702 e. The van der Waals surface area contributed by atoms with E-state index in [1.54, 1.807) is 0 Å². The molecule has 1 heterocycles. The number of rotatable bonds is 8. The summed E-state index contributed by atoms with van der Waals surface area (Å²) in [7, 11) is 2.22. The van der Waals surface area contributed by atoms with Gasteiger partial charge in [-0.25, -0.2) is 0 Å². The van der Waals surface area contributed by atoms with Gasteiger partial charge < -0.3 is 15.0 Å². The van der Waals surface area contributed by atoms with E-state index in [4.69, 9.17) is 4.74 Å². The van der Waals surface area contributed by atoms with Crippen LogP contribution >= 0.6 is 0 Å². The zero-order valence-electron chi connectivity index (χ0n) is 11.2. The summed E-state index contributed by atoms with van der Waals surface area (Å²) < 4.78 is 5.66. The van der Waals surface area contributed by atoms with Crippen LogP contribution in [0.3, 0.4) is 0 Å². The summed E-state index contributed by atoms with van der Waals surface area (Å²) in [5.41, 5.74) is 0. The molecule has 1 aliphatic rings. The number of likely N-dealkylation sites (N-methyl/N-ethyl adjacent to an activating group) is 1. The zero-order valence-corrected chi connectivity index (χ0v) is 11.2. The maximum Gasteiger partial charge on any atom is 0.0702 e. The van der Waals surface area contributed by atoms with Gasteiger partial charge in [0.1, 0.15) is 0 Å². The third kappa shape index (κ3) is 5.28. The highest BCUT2D eigenvalue weighted by molar-refractivity contribution is 4.72. The maximum absolute atomic E-state index is 5.66. The highest BCUT2D eigenvalue weighted by Crippen LogP contribution is 2.14. The highest BCUT2D eigenvalue weighted by atomic mass is 16.5. The summed E-state index contributed by atoms with van der Waals surface area (Å²) in [5.74, 6) is 0. The van der Waals surface area contributed by atoms with Crippen molar-refractivity contribution in [2.24, 2.45) is 0 Å². The molecule has 1 N–H and O–H groups in total. The van der Waals surface area contributed by atoms with Gasteiger partial charge in [-0.3, -0.25) is 0 Å². The third-order valence-electron chi connectivity index (χ3n) is 3.49. The molecule has 1 saturated heterocycles. The second-order valence-corrected chi connectivity index (χ2v) is 4.92. The maximum atomic E-state index is 5.66. The molecule has 0 radical (unpaired) electrons. The van der Waals surface area contributed by atoms with E-state index in [1.165, 1.54) is 25.7 Å². The minimum absolute atomic E-state index is 0.487. The predicted molar refractivity (Wildman–Crippen MR) is 68.8 cm³/mol. The number of hydrogen-bond acceptors (Lipinski definition) is 3. The quantitative estimate of drug-likeness (QED) is 0.642. The van der Waals surface area contributed by atoms with E-state index in [9.17, 15) is 0 Å². The predicted octanol–water partition coefficient (Wildman–Crippen LogP) is 1.88. The number of nitrogens with zero attached hydrogens (tertiary/aromatic N) is 1. The van der Waals surface area contributed by atoms with Crippen molar-refractivity contribution in [3.63, 3.8) is 0 Å². The normalized spacial score (nSPS) is 22.9. The molecule has 0 aromatic rings. The van der Waals surface area contributed by atoms with Crippen LogP contribution in [0.25, 0.3) is 0 Å². The molecular formula is C13H28N2O. The summed E-state index contributed by atoms with van der Waals surface area (Å²) >= 11 is 0. The van der Waals surface area contributed by atoms with Crippen LogP contribution < -0.4 is 5.32 Å². The Labute approximate surface area is 101 Å². The van der Waals surface area contributed by atoms with Crippen LogP contribution in [0.5, 0.6) is 0 Å². The van der Waals surface area contributed by atoms with Crippen LogP contribution in [0.1, 0.15) is 39.5 Å². The standard InChI is InChI=1S/C13H28N2O/c1-4-14-9-5-7-12(2)15(3)11-13-8-6-10-16-13/h12-14H,4-11H2,1-3H3. The van der Waals surface area contributed by atoms with E-state index < -0.39 is 0 Å². The van der Waals surface area contributed by atoms with Crippen LogP contribution in [0, 0.1) is 0 Å². The molecule has 1 rings (SSSR count). The van der Waals surface area contributed by atoms with Gasteiger partial charge in [0, 0.05) is 19.2 Å². The molecule has 0 saturated carbocycles. The molecule has 1 aliphatic heterocycles. The third-order valence-corrected chi connectivity index (χ3v) is 3.49. The van der Waals surface area contributed by atoms with Gasteiger partial charge in [-0.15, -0.1) is 0 Å². The fraction of sp³-hybridized carbons (Fsp3) is 1.00. The molecule has 2 atom stereocenters. The Morgan fingerprint density at radius 2 is 2.31 bits per heavy atom. The van der Waals surface area contributed by atoms with Crippen molar-refractivity contribution in [1.82, 2.24) is 10.2 Å². The molecule has 96 valence electrons. The summed E-state index contributed by atoms with van der Waals surface area (Å²) in [5, 5.41) is 3.37. The Bertz CT molecular complexity index is 169. The molecule has 0 bridgehead atoms. The van der Waals surface area contributed by atoms with Gasteiger partial charge in [0.05, 0.1) is 6.10 Å². The number of ether oxygens (including phenoxy) is 1. The van der Waals surface area contributed by atoms with Crippen molar-refractivity contribution >= 4 is 0 Å². The van der Waals surface area contributed by atoms with Crippen molar-refractivity contribution in [3.8, 4) is 0 Å². The SMILES string of the molecule is CCNCCCC(C)N(C)CC1CCCO1. The van der Waals surface area contributed by atoms with Crippen molar-refractivity contribution in [2.75, 3.05) is 33.3 Å². The molecule has 0 aromatic carbocycles. The average Bonchev–Trinajstić information content (AvgIpc) is 2.76. The van der Waals surface area contributed by atoms with E-state index >= 15 is 0 Å². The van der Waals surface area contributed by atoms with Gasteiger partial charge in [0.2, 0.25) is 0 Å². The first-order valence-electron chi connectivity index (χ1n) is 6.76. The minimum Gasteiger partial charge on any atom is -0.377 e. The Kier molecular flexibility index (Phi) is 7.01. The largest absolute Gasteiger partial charge is 0.377 e. The van der Waals surface area contributed by atoms with Gasteiger partial charge in [-0.2, -0.15) is 0 Å². The molecule has 0 aliphatic carbocycles. The van der Waals surface area contributed by atoms with Gasteiger partial charge >= 0.3 is 0 Å². The lowest BCUT2D eigenvalue weighted by molar-refractivity contribution is 0.0689. The van der Waals surface area contributed by atoms with E-state index in [1.807, 2.05) is 0 Å². The fourth-order valence-electron chi connectivity index (χ4n) is 2.21. The van der Waals surface area contributed by atoms with Crippen molar-refractivity contribution < 1.29 is 4.74 Å². The second-order valence-electron chi connectivity index (χ2n) is 4.92. The van der Waals surface area contributed by atoms with Crippen molar-refractivity contribution in [2.45, 2.75) is 51.7 Å². The topological polar surface area (TPSA) is 24.5 Å². The first-order valence-corrected chi connectivity index (χ1v) is 6.76. The molecule has 0 aromatic heterocycles. The fourth-order valence-corrected chi connectivity index (χ4v) is 2.21. The van der Waals surface area contributed by atoms with E-state index in [0.29, 0.717) is 12.1 Å². The summed E-state index contributed by atoms with van der Waals surface area (Å²) in [6.45, 7) is 8.78. The Balaban J connectivity index is 2.06. The van der Waals surface area contributed by atoms with Crippen LogP contribution in [0.2, 0.25) is 0 Å². The number of hydrogen-bond donors (Lipinski definition) is 1. The minimum atomic E-state index is 0.487. The van der Waals surface area contributed by atoms with Crippen LogP contribution in [-0.4, -0.2) is 50.3 Å². The van der Waals surface area contributed by atoms with Crippen LogP contribution in [0.15, 0.2) is 0 Å². The summed E-state index contributed by atoms with van der Waals surface area (Å²) in [6, 6.07) is 0.669.